The number of anilines is 1. The van der Waals surface area contributed by atoms with Gasteiger partial charge in [0.25, 0.3) is 5.91 Å². The van der Waals surface area contributed by atoms with Crippen LogP contribution in [0.5, 0.6) is 5.75 Å². The van der Waals surface area contributed by atoms with Crippen molar-refractivity contribution in [3.05, 3.63) is 59.7 Å². The maximum Gasteiger partial charge on any atom is 0.322 e. The molecular formula is C19H18N2O6. The molecule has 0 unspecified atom stereocenters. The summed E-state index contributed by atoms with van der Waals surface area (Å²) in [5, 5.41) is 13.6. The number of carboxylic acid groups (broad SMARTS) is 1. The van der Waals surface area contributed by atoms with E-state index in [0.717, 1.165) is 0 Å². The first-order chi connectivity index (χ1) is 12.9. The summed E-state index contributed by atoms with van der Waals surface area (Å²) in [6.07, 6.45) is -0.102. The maximum atomic E-state index is 12.6. The second kappa shape index (κ2) is 9.14. The fourth-order valence-corrected chi connectivity index (χ4v) is 2.29. The number of rotatable bonds is 7. The van der Waals surface area contributed by atoms with Gasteiger partial charge in [-0.05, 0) is 23.8 Å². The molecule has 0 aliphatic heterocycles. The molecule has 0 aromatic heterocycles. The number of carbonyl (C=O) groups is 4. The summed E-state index contributed by atoms with van der Waals surface area (Å²) in [4.78, 5) is 46.2. The van der Waals surface area contributed by atoms with Crippen LogP contribution in [0.3, 0.4) is 0 Å². The largest absolute Gasteiger partial charge is 0.480 e. The molecule has 0 radical (unpaired) electrons. The number of amides is 2. The lowest BCUT2D eigenvalue weighted by molar-refractivity contribution is -0.137. The van der Waals surface area contributed by atoms with E-state index in [2.05, 4.69) is 10.6 Å². The molecule has 2 rings (SSSR count). The minimum absolute atomic E-state index is 0.102. The monoisotopic (exact) mass is 370 g/mol. The van der Waals surface area contributed by atoms with Crippen molar-refractivity contribution in [1.29, 1.82) is 0 Å². The van der Waals surface area contributed by atoms with Crippen molar-refractivity contribution < 1.29 is 29.0 Å². The Bertz CT molecular complexity index is 878. The normalized spacial score (nSPS) is 9.96. The molecule has 0 fully saturated rings. The SMILES string of the molecule is CC(=O)Oc1ccccc1C(=O)Nc1ccccc1CC(=O)NCC(=O)O. The predicted molar refractivity (Wildman–Crippen MR) is 96.5 cm³/mol. The van der Waals surface area contributed by atoms with Crippen molar-refractivity contribution in [2.75, 3.05) is 11.9 Å². The van der Waals surface area contributed by atoms with E-state index in [1.54, 1.807) is 36.4 Å². The minimum Gasteiger partial charge on any atom is -0.480 e. The molecule has 0 spiro atoms. The van der Waals surface area contributed by atoms with Gasteiger partial charge in [-0.25, -0.2) is 0 Å². The van der Waals surface area contributed by atoms with Crippen molar-refractivity contribution in [3.8, 4) is 5.75 Å². The van der Waals surface area contributed by atoms with Crippen LogP contribution in [0.2, 0.25) is 0 Å². The van der Waals surface area contributed by atoms with Gasteiger partial charge in [-0.15, -0.1) is 0 Å². The van der Waals surface area contributed by atoms with E-state index in [4.69, 9.17) is 9.84 Å². The number of nitrogens with one attached hydrogen (secondary N) is 2. The van der Waals surface area contributed by atoms with Crippen LogP contribution in [-0.4, -0.2) is 35.4 Å². The molecule has 140 valence electrons. The summed E-state index contributed by atoms with van der Waals surface area (Å²) in [6, 6.07) is 12.9. The maximum absolute atomic E-state index is 12.6. The zero-order chi connectivity index (χ0) is 19.8. The number of hydrogen-bond acceptors (Lipinski definition) is 5. The molecule has 3 N–H and O–H groups in total. The van der Waals surface area contributed by atoms with E-state index in [-0.39, 0.29) is 17.7 Å². The summed E-state index contributed by atoms with van der Waals surface area (Å²) in [5.74, 6) is -2.57. The lowest BCUT2D eigenvalue weighted by atomic mass is 10.1. The van der Waals surface area contributed by atoms with Gasteiger partial charge >= 0.3 is 11.9 Å². The van der Waals surface area contributed by atoms with Gasteiger partial charge in [0.05, 0.1) is 12.0 Å². The first kappa shape index (κ1) is 19.6. The molecule has 0 bridgehead atoms. The summed E-state index contributed by atoms with van der Waals surface area (Å²) >= 11 is 0. The number of ether oxygens (including phenoxy) is 1. The molecule has 2 aromatic rings. The molecule has 27 heavy (non-hydrogen) atoms. The van der Waals surface area contributed by atoms with Gasteiger partial charge in [-0.2, -0.15) is 0 Å². The molecule has 2 aromatic carbocycles. The van der Waals surface area contributed by atoms with Crippen molar-refractivity contribution in [1.82, 2.24) is 5.32 Å². The molecule has 8 nitrogen and oxygen atoms in total. The first-order valence-corrected chi connectivity index (χ1v) is 8.02. The Morgan fingerprint density at radius 1 is 1.00 bits per heavy atom. The van der Waals surface area contributed by atoms with E-state index in [9.17, 15) is 19.2 Å². The number of carbonyl (C=O) groups excluding carboxylic acids is 3. The molecule has 8 heteroatoms. The van der Waals surface area contributed by atoms with Gasteiger partial charge in [-0.1, -0.05) is 30.3 Å². The Morgan fingerprint density at radius 2 is 1.67 bits per heavy atom. The second-order valence-electron chi connectivity index (χ2n) is 5.55. The predicted octanol–water partition coefficient (Wildman–Crippen LogP) is 1.61. The Labute approximate surface area is 155 Å². The fraction of sp³-hybridized carbons (Fsp3) is 0.158. The smallest absolute Gasteiger partial charge is 0.322 e. The molecule has 2 amide bonds. The van der Waals surface area contributed by atoms with Crippen LogP contribution < -0.4 is 15.4 Å². The van der Waals surface area contributed by atoms with Crippen LogP contribution in [0.15, 0.2) is 48.5 Å². The second-order valence-corrected chi connectivity index (χ2v) is 5.55. The average molecular weight is 370 g/mol. The van der Waals surface area contributed by atoms with Crippen LogP contribution in [0.25, 0.3) is 0 Å². The van der Waals surface area contributed by atoms with Crippen molar-refractivity contribution in [2.24, 2.45) is 0 Å². The first-order valence-electron chi connectivity index (χ1n) is 8.02. The Balaban J connectivity index is 2.16. The summed E-state index contributed by atoms with van der Waals surface area (Å²) in [7, 11) is 0. The number of carboxylic acids is 1. The number of benzene rings is 2. The Morgan fingerprint density at radius 3 is 2.37 bits per heavy atom. The lowest BCUT2D eigenvalue weighted by Crippen LogP contribution is -2.30. The van der Waals surface area contributed by atoms with Gasteiger partial charge in [0.2, 0.25) is 5.91 Å². The molecule has 0 heterocycles. The van der Waals surface area contributed by atoms with Crippen molar-refractivity contribution in [3.63, 3.8) is 0 Å². The molecule has 0 saturated carbocycles. The topological polar surface area (TPSA) is 122 Å². The van der Waals surface area contributed by atoms with Crippen LogP contribution in [0.4, 0.5) is 5.69 Å². The van der Waals surface area contributed by atoms with Crippen LogP contribution in [0.1, 0.15) is 22.8 Å². The molecule has 0 atom stereocenters. The highest BCUT2D eigenvalue weighted by Gasteiger charge is 2.16. The van der Waals surface area contributed by atoms with Crippen LogP contribution in [-0.2, 0) is 20.8 Å². The zero-order valence-electron chi connectivity index (χ0n) is 14.5. The van der Waals surface area contributed by atoms with Crippen LogP contribution >= 0.6 is 0 Å². The highest BCUT2D eigenvalue weighted by Crippen LogP contribution is 2.22. The Hall–Kier alpha value is -3.68. The Kier molecular flexibility index (Phi) is 6.65. The van der Waals surface area contributed by atoms with E-state index >= 15 is 0 Å². The standard InChI is InChI=1S/C19H18N2O6/c1-12(22)27-16-9-5-3-7-14(16)19(26)21-15-8-4-2-6-13(15)10-17(23)20-11-18(24)25/h2-9H,10-11H2,1H3,(H,20,23)(H,21,26)(H,24,25). The van der Waals surface area contributed by atoms with E-state index in [1.807, 2.05) is 0 Å². The summed E-state index contributed by atoms with van der Waals surface area (Å²) < 4.78 is 5.03. The van der Waals surface area contributed by atoms with Gasteiger partial charge in [0.15, 0.2) is 0 Å². The summed E-state index contributed by atoms with van der Waals surface area (Å²) in [5.41, 5.74) is 1.07. The van der Waals surface area contributed by atoms with Crippen molar-refractivity contribution >= 4 is 29.4 Å². The highest BCUT2D eigenvalue weighted by atomic mass is 16.5. The van der Waals surface area contributed by atoms with E-state index in [0.29, 0.717) is 11.3 Å². The van der Waals surface area contributed by atoms with Crippen molar-refractivity contribution in [2.45, 2.75) is 13.3 Å². The third-order valence-electron chi connectivity index (χ3n) is 3.44. The van der Waals surface area contributed by atoms with Gasteiger partial charge in [-0.3, -0.25) is 19.2 Å². The zero-order valence-corrected chi connectivity index (χ0v) is 14.5. The van der Waals surface area contributed by atoms with Gasteiger partial charge < -0.3 is 20.5 Å². The minimum atomic E-state index is -1.15. The number of esters is 1. The third-order valence-corrected chi connectivity index (χ3v) is 3.44. The third kappa shape index (κ3) is 5.96. The lowest BCUT2D eigenvalue weighted by Gasteiger charge is -2.13. The quantitative estimate of drug-likeness (QED) is 0.503. The number of hydrogen-bond donors (Lipinski definition) is 3. The van der Waals surface area contributed by atoms with Gasteiger partial charge in [0.1, 0.15) is 12.3 Å². The average Bonchev–Trinajstić information content (AvgIpc) is 2.61. The number of para-hydroxylation sites is 2. The van der Waals surface area contributed by atoms with E-state index < -0.39 is 30.3 Å². The highest BCUT2D eigenvalue weighted by molar-refractivity contribution is 6.07. The van der Waals surface area contributed by atoms with E-state index in [1.165, 1.54) is 19.1 Å². The van der Waals surface area contributed by atoms with Gasteiger partial charge in [0, 0.05) is 12.6 Å². The fourth-order valence-electron chi connectivity index (χ4n) is 2.29. The van der Waals surface area contributed by atoms with Crippen LogP contribution in [0, 0.1) is 0 Å². The number of aliphatic carboxylic acids is 1. The summed E-state index contributed by atoms with van der Waals surface area (Å²) in [6.45, 7) is 0.753. The molecule has 0 saturated heterocycles. The molecular weight excluding hydrogens is 352 g/mol. The molecule has 0 aliphatic rings. The molecule has 0 aliphatic carbocycles.